The molecule has 0 unspecified atom stereocenters. The monoisotopic (exact) mass is 190 g/mol. The zero-order valence-corrected chi connectivity index (χ0v) is 8.18. The lowest BCUT2D eigenvalue weighted by atomic mass is 9.77. The van der Waals surface area contributed by atoms with Crippen LogP contribution in [0.2, 0.25) is 0 Å². The molecule has 0 aliphatic heterocycles. The largest absolute Gasteiger partial charge is 0.269 e. The van der Waals surface area contributed by atoms with E-state index >= 15 is 0 Å². The Labute approximate surface area is 83.8 Å². The van der Waals surface area contributed by atoms with E-state index < -0.39 is 0 Å². The standard InChI is InChI=1S/C11H14N2O/c1-8(10(14)13-7-12)11-4-2-9(6-11)3-5-11/h9H,1-6H2,(H,13,14). The summed E-state index contributed by atoms with van der Waals surface area (Å²) in [6.45, 7) is 3.86. The zero-order chi connectivity index (χ0) is 10.2. The molecular formula is C11H14N2O. The molecule has 2 aliphatic rings. The van der Waals surface area contributed by atoms with Gasteiger partial charge >= 0.3 is 0 Å². The van der Waals surface area contributed by atoms with E-state index in [0.717, 1.165) is 25.2 Å². The van der Waals surface area contributed by atoms with E-state index in [9.17, 15) is 4.79 Å². The summed E-state index contributed by atoms with van der Waals surface area (Å²) < 4.78 is 0. The predicted molar refractivity (Wildman–Crippen MR) is 51.9 cm³/mol. The first-order chi connectivity index (χ1) is 6.68. The number of amides is 1. The van der Waals surface area contributed by atoms with Crippen LogP contribution in [0.3, 0.4) is 0 Å². The first-order valence-electron chi connectivity index (χ1n) is 5.07. The van der Waals surface area contributed by atoms with Gasteiger partial charge in [-0.25, -0.2) is 0 Å². The number of hydrogen-bond donors (Lipinski definition) is 1. The second kappa shape index (κ2) is 3.13. The van der Waals surface area contributed by atoms with Gasteiger partial charge in [-0.05, 0) is 38.0 Å². The van der Waals surface area contributed by atoms with Crippen molar-refractivity contribution in [2.45, 2.75) is 32.1 Å². The number of nitrogens with zero attached hydrogens (tertiary/aromatic N) is 1. The predicted octanol–water partition coefficient (Wildman–Crippen LogP) is 1.72. The molecule has 1 amide bonds. The molecule has 0 saturated heterocycles. The van der Waals surface area contributed by atoms with Crippen LogP contribution in [-0.4, -0.2) is 5.91 Å². The molecule has 2 fully saturated rings. The summed E-state index contributed by atoms with van der Waals surface area (Å²) in [5.41, 5.74) is 0.657. The second-order valence-corrected chi connectivity index (χ2v) is 4.47. The Morgan fingerprint density at radius 2 is 2.14 bits per heavy atom. The van der Waals surface area contributed by atoms with Crippen molar-refractivity contribution < 1.29 is 4.79 Å². The van der Waals surface area contributed by atoms with Gasteiger partial charge in [-0.1, -0.05) is 6.58 Å². The Bertz CT molecular complexity index is 319. The number of nitrogens with one attached hydrogen (secondary N) is 1. The van der Waals surface area contributed by atoms with E-state index in [1.165, 1.54) is 12.8 Å². The molecule has 2 bridgehead atoms. The molecule has 14 heavy (non-hydrogen) atoms. The van der Waals surface area contributed by atoms with Crippen molar-refractivity contribution >= 4 is 5.91 Å². The van der Waals surface area contributed by atoms with Crippen LogP contribution in [0.1, 0.15) is 32.1 Å². The minimum atomic E-state index is -0.282. The molecule has 0 aromatic carbocycles. The van der Waals surface area contributed by atoms with Crippen molar-refractivity contribution in [3.63, 3.8) is 0 Å². The number of nitriles is 1. The fourth-order valence-corrected chi connectivity index (χ4v) is 2.98. The number of carbonyl (C=O) groups is 1. The smallest absolute Gasteiger partial charge is 0.260 e. The van der Waals surface area contributed by atoms with Crippen LogP contribution in [0.5, 0.6) is 0 Å². The lowest BCUT2D eigenvalue weighted by molar-refractivity contribution is -0.117. The van der Waals surface area contributed by atoms with Gasteiger partial charge in [-0.3, -0.25) is 10.1 Å². The van der Waals surface area contributed by atoms with E-state index in [0.29, 0.717) is 5.57 Å². The van der Waals surface area contributed by atoms with E-state index in [-0.39, 0.29) is 11.3 Å². The molecule has 0 atom stereocenters. The third kappa shape index (κ3) is 1.22. The van der Waals surface area contributed by atoms with Gasteiger partial charge in [-0.15, -0.1) is 0 Å². The van der Waals surface area contributed by atoms with Crippen molar-refractivity contribution in [1.29, 1.82) is 5.26 Å². The summed E-state index contributed by atoms with van der Waals surface area (Å²) in [7, 11) is 0. The molecule has 1 N–H and O–H groups in total. The Morgan fingerprint density at radius 3 is 2.57 bits per heavy atom. The maximum atomic E-state index is 11.5. The van der Waals surface area contributed by atoms with Gasteiger partial charge in [0.25, 0.3) is 5.91 Å². The van der Waals surface area contributed by atoms with Crippen molar-refractivity contribution in [2.75, 3.05) is 0 Å². The molecule has 2 aliphatic carbocycles. The third-order valence-corrected chi connectivity index (χ3v) is 3.83. The molecule has 2 rings (SSSR count). The highest BCUT2D eigenvalue weighted by atomic mass is 16.1. The minimum Gasteiger partial charge on any atom is -0.269 e. The summed E-state index contributed by atoms with van der Waals surface area (Å²) in [6.07, 6.45) is 7.37. The molecular weight excluding hydrogens is 176 g/mol. The van der Waals surface area contributed by atoms with Crippen molar-refractivity contribution in [1.82, 2.24) is 5.32 Å². The Hall–Kier alpha value is -1.30. The topological polar surface area (TPSA) is 52.9 Å². The van der Waals surface area contributed by atoms with Gasteiger partial charge in [-0.2, -0.15) is 5.26 Å². The van der Waals surface area contributed by atoms with Crippen molar-refractivity contribution in [2.24, 2.45) is 11.3 Å². The molecule has 0 aromatic heterocycles. The van der Waals surface area contributed by atoms with Gasteiger partial charge in [0.1, 0.15) is 0 Å². The lowest BCUT2D eigenvalue weighted by Crippen LogP contribution is -2.29. The van der Waals surface area contributed by atoms with E-state index in [1.807, 2.05) is 0 Å². The van der Waals surface area contributed by atoms with Gasteiger partial charge in [0.2, 0.25) is 0 Å². The second-order valence-electron chi connectivity index (χ2n) is 4.47. The van der Waals surface area contributed by atoms with Gasteiger partial charge in [0.05, 0.1) is 0 Å². The van der Waals surface area contributed by atoms with Crippen LogP contribution < -0.4 is 5.32 Å². The first kappa shape index (κ1) is 9.26. The van der Waals surface area contributed by atoms with Gasteiger partial charge < -0.3 is 0 Å². The molecule has 2 saturated carbocycles. The maximum Gasteiger partial charge on any atom is 0.260 e. The van der Waals surface area contributed by atoms with Crippen molar-refractivity contribution in [3.05, 3.63) is 12.2 Å². The summed E-state index contributed by atoms with van der Waals surface area (Å²) in [6, 6.07) is 0. The lowest BCUT2D eigenvalue weighted by Gasteiger charge is -2.27. The fraction of sp³-hybridized carbons (Fsp3) is 0.636. The highest BCUT2D eigenvalue weighted by Gasteiger charge is 2.48. The minimum absolute atomic E-state index is 0.0333. The van der Waals surface area contributed by atoms with Crippen molar-refractivity contribution in [3.8, 4) is 6.19 Å². The third-order valence-electron chi connectivity index (χ3n) is 3.83. The fourth-order valence-electron chi connectivity index (χ4n) is 2.98. The molecule has 0 heterocycles. The van der Waals surface area contributed by atoms with Crippen LogP contribution in [-0.2, 0) is 4.79 Å². The summed E-state index contributed by atoms with van der Waals surface area (Å²) in [5.74, 6) is 0.511. The summed E-state index contributed by atoms with van der Waals surface area (Å²) in [5, 5.41) is 10.5. The van der Waals surface area contributed by atoms with E-state index in [2.05, 4.69) is 11.9 Å². The van der Waals surface area contributed by atoms with Gasteiger partial charge in [0, 0.05) is 11.0 Å². The average molecular weight is 190 g/mol. The highest BCUT2D eigenvalue weighted by Crippen LogP contribution is 2.57. The average Bonchev–Trinajstić information content (AvgIpc) is 2.77. The number of fused-ring (bicyclic) bond motifs is 2. The van der Waals surface area contributed by atoms with E-state index in [1.54, 1.807) is 6.19 Å². The quantitative estimate of drug-likeness (QED) is 0.409. The zero-order valence-electron chi connectivity index (χ0n) is 8.18. The Kier molecular flexibility index (Phi) is 2.07. The van der Waals surface area contributed by atoms with Crippen LogP contribution in [0.4, 0.5) is 0 Å². The number of carbonyl (C=O) groups excluding carboxylic acids is 1. The number of rotatable bonds is 2. The van der Waals surface area contributed by atoms with E-state index in [4.69, 9.17) is 5.26 Å². The summed E-state index contributed by atoms with van der Waals surface area (Å²) in [4.78, 5) is 11.5. The molecule has 0 radical (unpaired) electrons. The molecule has 3 nitrogen and oxygen atoms in total. The first-order valence-corrected chi connectivity index (χ1v) is 5.07. The maximum absolute atomic E-state index is 11.5. The SMILES string of the molecule is C=C(C(=O)NC#N)C12CCC(CC1)C2. The van der Waals surface area contributed by atoms with Crippen LogP contribution in [0.25, 0.3) is 0 Å². The normalized spacial score (nSPS) is 33.8. The molecule has 0 aromatic rings. The molecule has 74 valence electrons. The highest BCUT2D eigenvalue weighted by molar-refractivity contribution is 5.95. The summed E-state index contributed by atoms with van der Waals surface area (Å²) >= 11 is 0. The number of hydrogen-bond acceptors (Lipinski definition) is 2. The molecule has 0 spiro atoms. The van der Waals surface area contributed by atoms with Crippen LogP contribution in [0, 0.1) is 22.8 Å². The Balaban J connectivity index is 2.12. The van der Waals surface area contributed by atoms with Crippen LogP contribution >= 0.6 is 0 Å². The Morgan fingerprint density at radius 1 is 1.50 bits per heavy atom. The van der Waals surface area contributed by atoms with Gasteiger partial charge in [0.15, 0.2) is 6.19 Å². The molecule has 3 heteroatoms. The van der Waals surface area contributed by atoms with Crippen LogP contribution in [0.15, 0.2) is 12.2 Å².